The quantitative estimate of drug-likeness (QED) is 0.686. The van der Waals surface area contributed by atoms with Gasteiger partial charge in [-0.25, -0.2) is 4.68 Å². The smallest absolute Gasteiger partial charge is 0.175 e. The van der Waals surface area contributed by atoms with Crippen molar-refractivity contribution >= 4 is 19.1 Å². The molecule has 108 valence electrons. The predicted octanol–water partition coefficient (Wildman–Crippen LogP) is 3.89. The van der Waals surface area contributed by atoms with E-state index in [1.54, 1.807) is 0 Å². The summed E-state index contributed by atoms with van der Waals surface area (Å²) in [7, 11) is -1.65. The van der Waals surface area contributed by atoms with Crippen molar-refractivity contribution < 1.29 is 4.74 Å². The van der Waals surface area contributed by atoms with Crippen molar-refractivity contribution in [1.82, 2.24) is 15.0 Å². The van der Waals surface area contributed by atoms with Crippen LogP contribution in [0.3, 0.4) is 0 Å². The van der Waals surface area contributed by atoms with Crippen LogP contribution in [0, 0.1) is 0 Å². The van der Waals surface area contributed by atoms with Crippen LogP contribution in [0.4, 0.5) is 0 Å². The van der Waals surface area contributed by atoms with E-state index in [0.29, 0.717) is 0 Å². The largest absolute Gasteiger partial charge is 0.472 e. The number of benzene rings is 2. The minimum Gasteiger partial charge on any atom is -0.472 e. The van der Waals surface area contributed by atoms with E-state index in [1.807, 2.05) is 59.3 Å². The van der Waals surface area contributed by atoms with Gasteiger partial charge in [0.1, 0.15) is 19.3 Å². The van der Waals surface area contributed by atoms with Crippen molar-refractivity contribution in [3.8, 4) is 5.75 Å². The van der Waals surface area contributed by atoms with E-state index in [0.717, 1.165) is 16.8 Å². The number of para-hydroxylation sites is 2. The van der Waals surface area contributed by atoms with Crippen molar-refractivity contribution in [2.24, 2.45) is 0 Å². The molecule has 0 spiro atoms. The van der Waals surface area contributed by atoms with Gasteiger partial charge in [-0.3, -0.25) is 0 Å². The molecule has 1 aromatic heterocycles. The summed E-state index contributed by atoms with van der Waals surface area (Å²) in [6.45, 7) is 6.82. The monoisotopic (exact) mass is 297 g/mol. The van der Waals surface area contributed by atoms with E-state index >= 15 is 0 Å². The SMILES string of the molecule is C[Si](C)(C)C(Oc1ccccc1)n1nnc2ccccc21. The summed E-state index contributed by atoms with van der Waals surface area (Å²) in [4.78, 5) is 0. The van der Waals surface area contributed by atoms with Crippen molar-refractivity contribution in [2.45, 2.75) is 25.5 Å². The van der Waals surface area contributed by atoms with Crippen molar-refractivity contribution in [2.75, 3.05) is 0 Å². The molecular formula is C16H19N3OSi. The second-order valence-electron chi connectivity index (χ2n) is 6.17. The molecule has 0 bridgehead atoms. The van der Waals surface area contributed by atoms with Crippen LogP contribution in [0.25, 0.3) is 11.0 Å². The van der Waals surface area contributed by atoms with Gasteiger partial charge in [-0.2, -0.15) is 0 Å². The van der Waals surface area contributed by atoms with Gasteiger partial charge in [0.15, 0.2) is 5.85 Å². The molecular weight excluding hydrogens is 278 g/mol. The van der Waals surface area contributed by atoms with Crippen LogP contribution in [0.5, 0.6) is 5.75 Å². The summed E-state index contributed by atoms with van der Waals surface area (Å²) < 4.78 is 8.18. The highest BCUT2D eigenvalue weighted by molar-refractivity contribution is 6.76. The molecule has 3 aromatic rings. The molecule has 0 saturated carbocycles. The fourth-order valence-electron chi connectivity index (χ4n) is 2.28. The Labute approximate surface area is 125 Å². The van der Waals surface area contributed by atoms with E-state index in [2.05, 4.69) is 30.0 Å². The van der Waals surface area contributed by atoms with E-state index in [1.165, 1.54) is 0 Å². The third kappa shape index (κ3) is 2.83. The molecule has 0 aliphatic carbocycles. The molecule has 0 N–H and O–H groups in total. The summed E-state index contributed by atoms with van der Waals surface area (Å²) >= 11 is 0. The molecule has 0 aliphatic rings. The minimum atomic E-state index is -1.65. The van der Waals surface area contributed by atoms with Gasteiger partial charge < -0.3 is 4.74 Å². The molecule has 0 amide bonds. The maximum absolute atomic E-state index is 6.25. The first-order valence-electron chi connectivity index (χ1n) is 7.07. The highest BCUT2D eigenvalue weighted by atomic mass is 28.3. The third-order valence-corrected chi connectivity index (χ3v) is 5.18. The fourth-order valence-corrected chi connectivity index (χ4v) is 3.70. The van der Waals surface area contributed by atoms with Gasteiger partial charge in [-0.15, -0.1) is 5.10 Å². The Hall–Kier alpha value is -2.14. The van der Waals surface area contributed by atoms with Gasteiger partial charge in [0, 0.05) is 0 Å². The zero-order valence-corrected chi connectivity index (χ0v) is 13.5. The second kappa shape index (κ2) is 5.33. The van der Waals surface area contributed by atoms with Crippen LogP contribution in [0.2, 0.25) is 19.6 Å². The van der Waals surface area contributed by atoms with Crippen molar-refractivity contribution in [1.29, 1.82) is 0 Å². The molecule has 5 heteroatoms. The number of ether oxygens (including phenoxy) is 1. The number of fused-ring (bicyclic) bond motifs is 1. The summed E-state index contributed by atoms with van der Waals surface area (Å²) in [6, 6.07) is 17.9. The van der Waals surface area contributed by atoms with Crippen LogP contribution in [0.15, 0.2) is 54.6 Å². The lowest BCUT2D eigenvalue weighted by molar-refractivity contribution is 0.191. The van der Waals surface area contributed by atoms with Gasteiger partial charge >= 0.3 is 0 Å². The molecule has 1 atom stereocenters. The predicted molar refractivity (Wildman–Crippen MR) is 87.0 cm³/mol. The molecule has 0 fully saturated rings. The number of hydrogen-bond donors (Lipinski definition) is 0. The van der Waals surface area contributed by atoms with Crippen LogP contribution in [-0.2, 0) is 0 Å². The Morgan fingerprint density at radius 2 is 1.62 bits per heavy atom. The normalized spacial score (nSPS) is 13.3. The molecule has 1 heterocycles. The number of nitrogens with zero attached hydrogens (tertiary/aromatic N) is 3. The van der Waals surface area contributed by atoms with Crippen LogP contribution >= 0.6 is 0 Å². The fraction of sp³-hybridized carbons (Fsp3) is 0.250. The van der Waals surface area contributed by atoms with Crippen LogP contribution in [-0.4, -0.2) is 23.1 Å². The minimum absolute atomic E-state index is 0.0905. The van der Waals surface area contributed by atoms with E-state index in [9.17, 15) is 0 Å². The zero-order chi connectivity index (χ0) is 14.9. The second-order valence-corrected chi connectivity index (χ2v) is 11.4. The zero-order valence-electron chi connectivity index (χ0n) is 12.5. The highest BCUT2D eigenvalue weighted by Gasteiger charge is 2.32. The average molecular weight is 297 g/mol. The van der Waals surface area contributed by atoms with Gasteiger partial charge in [-0.05, 0) is 24.3 Å². The number of hydrogen-bond acceptors (Lipinski definition) is 3. The summed E-state index contributed by atoms with van der Waals surface area (Å²) in [6.07, 6.45) is 0. The maximum atomic E-state index is 6.25. The molecule has 21 heavy (non-hydrogen) atoms. The molecule has 0 radical (unpaired) electrons. The lowest BCUT2D eigenvalue weighted by Gasteiger charge is -2.29. The van der Waals surface area contributed by atoms with Crippen LogP contribution < -0.4 is 4.74 Å². The maximum Gasteiger partial charge on any atom is 0.175 e. The van der Waals surface area contributed by atoms with Gasteiger partial charge in [0.25, 0.3) is 0 Å². The molecule has 2 aromatic carbocycles. The first-order valence-corrected chi connectivity index (χ1v) is 10.6. The lowest BCUT2D eigenvalue weighted by Crippen LogP contribution is -2.39. The topological polar surface area (TPSA) is 39.9 Å². The van der Waals surface area contributed by atoms with E-state index < -0.39 is 8.07 Å². The van der Waals surface area contributed by atoms with E-state index in [-0.39, 0.29) is 5.85 Å². The van der Waals surface area contributed by atoms with E-state index in [4.69, 9.17) is 4.74 Å². The molecule has 4 nitrogen and oxygen atoms in total. The van der Waals surface area contributed by atoms with Gasteiger partial charge in [0.05, 0.1) is 5.52 Å². The Morgan fingerprint density at radius 1 is 0.952 bits per heavy atom. The van der Waals surface area contributed by atoms with Crippen molar-refractivity contribution in [3.63, 3.8) is 0 Å². The summed E-state index contributed by atoms with van der Waals surface area (Å²) in [5, 5.41) is 8.58. The van der Waals surface area contributed by atoms with Gasteiger partial charge in [-0.1, -0.05) is 55.2 Å². The molecule has 3 rings (SSSR count). The van der Waals surface area contributed by atoms with Crippen molar-refractivity contribution in [3.05, 3.63) is 54.6 Å². The molecule has 1 unspecified atom stereocenters. The Bertz CT molecular complexity index is 734. The summed E-state index contributed by atoms with van der Waals surface area (Å²) in [5.41, 5.74) is 1.92. The summed E-state index contributed by atoms with van der Waals surface area (Å²) in [5.74, 6) is 0.775. The first kappa shape index (κ1) is 13.8. The van der Waals surface area contributed by atoms with Gasteiger partial charge in [0.2, 0.25) is 0 Å². The van der Waals surface area contributed by atoms with Crippen LogP contribution in [0.1, 0.15) is 5.85 Å². The lowest BCUT2D eigenvalue weighted by atomic mass is 10.3. The Morgan fingerprint density at radius 3 is 2.33 bits per heavy atom. The third-order valence-electron chi connectivity index (χ3n) is 3.33. The first-order chi connectivity index (χ1) is 10.1. The Balaban J connectivity index is 2.04. The highest BCUT2D eigenvalue weighted by Crippen LogP contribution is 2.27. The average Bonchev–Trinajstić information content (AvgIpc) is 2.88. The molecule has 0 aliphatic heterocycles. The number of aromatic nitrogens is 3. The standard InChI is InChI=1S/C16H19N3OSi/c1-21(2,3)16(20-13-9-5-4-6-10-13)19-15-12-8-7-11-14(15)17-18-19/h4-12,16H,1-3H3. The number of rotatable bonds is 4. The molecule has 0 saturated heterocycles. The Kier molecular flexibility index (Phi) is 3.51.